The van der Waals surface area contributed by atoms with Gasteiger partial charge in [0.25, 0.3) is 0 Å². The summed E-state index contributed by atoms with van der Waals surface area (Å²) >= 11 is 0. The first-order valence-electron chi connectivity index (χ1n) is 5.54. The summed E-state index contributed by atoms with van der Waals surface area (Å²) in [5.41, 5.74) is 3.95. The van der Waals surface area contributed by atoms with E-state index >= 15 is 0 Å². The van der Waals surface area contributed by atoms with E-state index in [4.69, 9.17) is 4.74 Å². The molecule has 0 saturated carbocycles. The third kappa shape index (κ3) is 11.3. The van der Waals surface area contributed by atoms with Gasteiger partial charge in [-0.05, 0) is 20.8 Å². The molecule has 19 heavy (non-hydrogen) atoms. The Bertz CT molecular complexity index is 351. The molecule has 0 unspecified atom stereocenters. The highest BCUT2D eigenvalue weighted by atomic mass is 19.3. The van der Waals surface area contributed by atoms with E-state index in [2.05, 4.69) is 15.5 Å². The first-order valence-corrected chi connectivity index (χ1v) is 5.54. The summed E-state index contributed by atoms with van der Waals surface area (Å²) in [5, 5.41) is 0. The lowest BCUT2D eigenvalue weighted by Crippen LogP contribution is -2.28. The van der Waals surface area contributed by atoms with Crippen LogP contribution in [0.1, 0.15) is 27.2 Å². The molecule has 0 aliphatic rings. The average molecular weight is 280 g/mol. The molecule has 2 N–H and O–H groups in total. The molecule has 0 fully saturated rings. The minimum Gasteiger partial charge on any atom is -0.460 e. The van der Waals surface area contributed by atoms with Crippen LogP contribution in [0, 0.1) is 0 Å². The quantitative estimate of drug-likeness (QED) is 0.453. The molecular weight excluding hydrogens is 262 g/mol. The number of nitrogens with zero attached hydrogens (tertiary/aromatic N) is 1. The lowest BCUT2D eigenvalue weighted by molar-refractivity contribution is -0.156. The minimum atomic E-state index is -3.41. The van der Waals surface area contributed by atoms with Gasteiger partial charge in [0.05, 0.1) is 19.2 Å². The maximum absolute atomic E-state index is 13.0. The Balaban J connectivity index is 3.91. The molecule has 0 spiro atoms. The number of aliphatic imine (C=N–C) groups is 1. The monoisotopic (exact) mass is 280 g/mol. The summed E-state index contributed by atoms with van der Waals surface area (Å²) in [6, 6.07) is -1.21. The van der Waals surface area contributed by atoms with Crippen LogP contribution in [0.25, 0.3) is 0 Å². The molecule has 0 aromatic carbocycles. The Morgan fingerprint density at radius 1 is 1.32 bits per heavy atom. The Labute approximate surface area is 110 Å². The van der Waals surface area contributed by atoms with Crippen LogP contribution >= 0.6 is 0 Å². The fourth-order valence-electron chi connectivity index (χ4n) is 0.952. The average Bonchev–Trinajstić information content (AvgIpc) is 2.19. The summed E-state index contributed by atoms with van der Waals surface area (Å²) in [4.78, 5) is 24.2. The number of halogens is 2. The number of ether oxygens (including phenoxy) is 2. The number of carbonyl (C=O) groups is 2. The maximum atomic E-state index is 13.0. The highest BCUT2D eigenvalue weighted by molar-refractivity contribution is 5.84. The van der Waals surface area contributed by atoms with Crippen molar-refractivity contribution in [1.82, 2.24) is 0 Å². The van der Waals surface area contributed by atoms with Crippen molar-refractivity contribution < 1.29 is 27.8 Å². The highest BCUT2D eigenvalue weighted by Crippen LogP contribution is 2.12. The van der Waals surface area contributed by atoms with Gasteiger partial charge in [-0.2, -0.15) is 8.78 Å². The molecule has 0 radical (unpaired) electrons. The zero-order valence-electron chi connectivity index (χ0n) is 11.1. The van der Waals surface area contributed by atoms with Crippen molar-refractivity contribution in [2.45, 2.75) is 38.7 Å². The van der Waals surface area contributed by atoms with E-state index in [0.29, 0.717) is 0 Å². The van der Waals surface area contributed by atoms with Crippen molar-refractivity contribution in [2.24, 2.45) is 10.7 Å². The summed E-state index contributed by atoms with van der Waals surface area (Å²) in [5.74, 6) is -3.95. The van der Waals surface area contributed by atoms with Gasteiger partial charge in [0.2, 0.25) is 0 Å². The molecule has 0 heterocycles. The molecule has 0 bridgehead atoms. The third-order valence-electron chi connectivity index (χ3n) is 1.55. The van der Waals surface area contributed by atoms with Crippen molar-refractivity contribution >= 4 is 18.2 Å². The normalized spacial score (nSPS) is 12.7. The minimum absolute atomic E-state index is 0.114. The van der Waals surface area contributed by atoms with Crippen LogP contribution in [0.2, 0.25) is 0 Å². The number of amides is 2. The van der Waals surface area contributed by atoms with E-state index in [1.54, 1.807) is 20.8 Å². The molecule has 0 atom stereocenters. The van der Waals surface area contributed by atoms with Crippen molar-refractivity contribution in [3.8, 4) is 0 Å². The van der Waals surface area contributed by atoms with Gasteiger partial charge in [-0.3, -0.25) is 4.79 Å². The van der Waals surface area contributed by atoms with Gasteiger partial charge in [-0.25, -0.2) is 9.79 Å². The lowest BCUT2D eigenvalue weighted by Gasteiger charge is -2.19. The van der Waals surface area contributed by atoms with Crippen LogP contribution in [0.3, 0.4) is 0 Å². The van der Waals surface area contributed by atoms with Gasteiger partial charge in [0.1, 0.15) is 12.2 Å². The maximum Gasteiger partial charge on any atom is 0.338 e. The Morgan fingerprint density at radius 2 is 1.89 bits per heavy atom. The van der Waals surface area contributed by atoms with Gasteiger partial charge in [0.15, 0.2) is 0 Å². The molecule has 2 amide bonds. The molecule has 0 aliphatic heterocycles. The van der Waals surface area contributed by atoms with Crippen LogP contribution in [0.15, 0.2) is 4.99 Å². The third-order valence-corrected chi connectivity index (χ3v) is 1.55. The summed E-state index contributed by atoms with van der Waals surface area (Å²) in [7, 11) is 0. The second-order valence-corrected chi connectivity index (χ2v) is 4.75. The summed E-state index contributed by atoms with van der Waals surface area (Å²) in [6.07, 6.45) is -0.0247. The SMILES string of the molecule is CC(C)(C)OC(=O)CCOCC(F)(F)C=NC(N)=O. The van der Waals surface area contributed by atoms with E-state index < -0.39 is 30.1 Å². The largest absolute Gasteiger partial charge is 0.460 e. The van der Waals surface area contributed by atoms with E-state index in [-0.39, 0.29) is 19.2 Å². The number of hydrogen-bond acceptors (Lipinski definition) is 4. The van der Waals surface area contributed by atoms with Crippen LogP contribution in [-0.2, 0) is 14.3 Å². The Hall–Kier alpha value is -1.57. The number of hydrogen-bond donors (Lipinski definition) is 1. The molecule has 110 valence electrons. The second kappa shape index (κ2) is 7.13. The van der Waals surface area contributed by atoms with Gasteiger partial charge >= 0.3 is 17.9 Å². The van der Waals surface area contributed by atoms with Gasteiger partial charge < -0.3 is 15.2 Å². The highest BCUT2D eigenvalue weighted by Gasteiger charge is 2.27. The molecule has 0 aliphatic carbocycles. The molecule has 0 aromatic heterocycles. The number of urea groups is 1. The summed E-state index contributed by atoms with van der Waals surface area (Å²) in [6.45, 7) is 3.88. The van der Waals surface area contributed by atoms with Crippen LogP contribution < -0.4 is 5.73 Å². The number of alkyl halides is 2. The van der Waals surface area contributed by atoms with E-state index in [1.807, 2.05) is 0 Å². The zero-order valence-corrected chi connectivity index (χ0v) is 11.1. The topological polar surface area (TPSA) is 91.0 Å². The van der Waals surface area contributed by atoms with Gasteiger partial charge in [-0.1, -0.05) is 0 Å². The zero-order chi connectivity index (χ0) is 15.1. The van der Waals surface area contributed by atoms with Crippen molar-refractivity contribution in [1.29, 1.82) is 0 Å². The molecule has 0 rings (SSSR count). The lowest BCUT2D eigenvalue weighted by atomic mass is 10.2. The Kier molecular flexibility index (Phi) is 6.54. The van der Waals surface area contributed by atoms with Crippen molar-refractivity contribution in [3.05, 3.63) is 0 Å². The predicted molar refractivity (Wildman–Crippen MR) is 64.3 cm³/mol. The van der Waals surface area contributed by atoms with E-state index in [0.717, 1.165) is 0 Å². The molecule has 0 aromatic rings. The number of carbonyl (C=O) groups excluding carboxylic acids is 2. The first kappa shape index (κ1) is 17.4. The van der Waals surface area contributed by atoms with Gasteiger partial charge in [-0.15, -0.1) is 0 Å². The molecule has 0 saturated heterocycles. The van der Waals surface area contributed by atoms with Crippen molar-refractivity contribution in [3.63, 3.8) is 0 Å². The molecule has 8 heteroatoms. The van der Waals surface area contributed by atoms with Crippen LogP contribution in [0.5, 0.6) is 0 Å². The first-order chi connectivity index (χ1) is 8.52. The number of rotatable bonds is 6. The Morgan fingerprint density at radius 3 is 2.37 bits per heavy atom. The van der Waals surface area contributed by atoms with Crippen molar-refractivity contribution in [2.75, 3.05) is 13.2 Å². The van der Waals surface area contributed by atoms with Crippen LogP contribution in [0.4, 0.5) is 13.6 Å². The fraction of sp³-hybridized carbons (Fsp3) is 0.727. The predicted octanol–water partition coefficient (Wildman–Crippen LogP) is 1.52. The number of nitrogens with two attached hydrogens (primary N) is 1. The smallest absolute Gasteiger partial charge is 0.338 e. The van der Waals surface area contributed by atoms with Gasteiger partial charge in [0, 0.05) is 0 Å². The molecule has 6 nitrogen and oxygen atoms in total. The molecular formula is C11H18F2N2O4. The fourth-order valence-corrected chi connectivity index (χ4v) is 0.952. The van der Waals surface area contributed by atoms with E-state index in [9.17, 15) is 18.4 Å². The van der Waals surface area contributed by atoms with E-state index in [1.165, 1.54) is 0 Å². The standard InChI is InChI=1S/C11H18F2N2O4/c1-10(2,3)19-8(16)4-5-18-7-11(12,13)6-15-9(14)17/h6H,4-5,7H2,1-3H3,(H2,14,17). The van der Waals surface area contributed by atoms with Crippen LogP contribution in [-0.4, -0.2) is 43.0 Å². The second-order valence-electron chi connectivity index (χ2n) is 4.75. The number of primary amides is 1. The summed E-state index contributed by atoms with van der Waals surface area (Å²) < 4.78 is 35.5. The number of esters is 1.